The van der Waals surface area contributed by atoms with Crippen molar-refractivity contribution in [3.63, 3.8) is 0 Å². The number of rotatable bonds is 30. The molecule has 2 atom stereocenters. The van der Waals surface area contributed by atoms with Crippen molar-refractivity contribution in [2.24, 2.45) is 0 Å². The van der Waals surface area contributed by atoms with Crippen LogP contribution in [0.4, 0.5) is 0 Å². The molecular weight excluding hydrogens is 557 g/mol. The summed E-state index contributed by atoms with van der Waals surface area (Å²) >= 11 is 0. The standard InChI is InChI=1S/C32H64NO8P/c1-6-7-8-9-10-11-12-13-14-15-16-17-18-19-20-21-22-23-24-25-32(35)41-31(28-38-30(2)34)29-40-42(36,37)39-27-26-33(3,4)5/h31H,6-29H2,1-5H3/p+1. The highest BCUT2D eigenvalue weighted by atomic mass is 31.2. The van der Waals surface area contributed by atoms with Gasteiger partial charge in [0.15, 0.2) is 6.10 Å². The predicted molar refractivity (Wildman–Crippen MR) is 169 cm³/mol. The number of phosphoric acid groups is 1. The van der Waals surface area contributed by atoms with Crippen LogP contribution in [0.15, 0.2) is 0 Å². The van der Waals surface area contributed by atoms with Gasteiger partial charge in [0.05, 0.1) is 27.7 Å². The molecule has 9 nitrogen and oxygen atoms in total. The molecule has 0 saturated carbocycles. The van der Waals surface area contributed by atoms with E-state index < -0.39 is 32.5 Å². The maximum absolute atomic E-state index is 12.3. The number of hydrogen-bond acceptors (Lipinski definition) is 7. The number of carbonyl (C=O) groups excluding carboxylic acids is 2. The fourth-order valence-corrected chi connectivity index (χ4v) is 5.31. The van der Waals surface area contributed by atoms with Crippen LogP contribution in [0.5, 0.6) is 0 Å². The summed E-state index contributed by atoms with van der Waals surface area (Å²) in [6, 6.07) is 0. The Morgan fingerprint density at radius 3 is 1.52 bits per heavy atom. The van der Waals surface area contributed by atoms with E-state index in [1.807, 2.05) is 21.1 Å². The van der Waals surface area contributed by atoms with Crippen LogP contribution in [-0.2, 0) is 32.7 Å². The third-order valence-electron chi connectivity index (χ3n) is 7.20. The lowest BCUT2D eigenvalue weighted by Crippen LogP contribution is -2.37. The summed E-state index contributed by atoms with van der Waals surface area (Å²) < 4.78 is 33.0. The third-order valence-corrected chi connectivity index (χ3v) is 8.18. The largest absolute Gasteiger partial charge is 0.472 e. The van der Waals surface area contributed by atoms with Crippen molar-refractivity contribution in [3.05, 3.63) is 0 Å². The van der Waals surface area contributed by atoms with Gasteiger partial charge in [0, 0.05) is 13.3 Å². The fourth-order valence-electron chi connectivity index (χ4n) is 4.56. The molecule has 1 N–H and O–H groups in total. The molecule has 0 heterocycles. The van der Waals surface area contributed by atoms with Crippen LogP contribution in [-0.4, -0.2) is 74.9 Å². The van der Waals surface area contributed by atoms with Crippen molar-refractivity contribution in [1.82, 2.24) is 0 Å². The lowest BCUT2D eigenvalue weighted by Gasteiger charge is -2.24. The van der Waals surface area contributed by atoms with Crippen molar-refractivity contribution in [2.45, 2.75) is 148 Å². The van der Waals surface area contributed by atoms with Crippen molar-refractivity contribution in [1.29, 1.82) is 0 Å². The molecule has 250 valence electrons. The number of likely N-dealkylation sites (N-methyl/N-ethyl adjacent to an activating group) is 1. The van der Waals surface area contributed by atoms with Crippen LogP contribution in [0.1, 0.15) is 142 Å². The van der Waals surface area contributed by atoms with E-state index in [0.717, 1.165) is 12.8 Å². The quantitative estimate of drug-likeness (QED) is 0.0370. The van der Waals surface area contributed by atoms with E-state index in [4.69, 9.17) is 18.5 Å². The Kier molecular flexibility index (Phi) is 25.8. The van der Waals surface area contributed by atoms with Gasteiger partial charge < -0.3 is 18.9 Å². The Hall–Kier alpha value is -0.990. The van der Waals surface area contributed by atoms with Gasteiger partial charge in [-0.1, -0.05) is 122 Å². The molecule has 0 fully saturated rings. The average molecular weight is 623 g/mol. The average Bonchev–Trinajstić information content (AvgIpc) is 2.90. The molecule has 0 aromatic carbocycles. The maximum atomic E-state index is 12.3. The Morgan fingerprint density at radius 2 is 1.12 bits per heavy atom. The number of phosphoric ester groups is 1. The van der Waals surface area contributed by atoms with Gasteiger partial charge in [-0.2, -0.15) is 0 Å². The van der Waals surface area contributed by atoms with E-state index in [1.54, 1.807) is 0 Å². The Morgan fingerprint density at radius 1 is 0.690 bits per heavy atom. The predicted octanol–water partition coefficient (Wildman–Crippen LogP) is 8.12. The Balaban J connectivity index is 3.84. The van der Waals surface area contributed by atoms with Crippen LogP contribution < -0.4 is 0 Å². The maximum Gasteiger partial charge on any atom is 0.472 e. The first-order valence-electron chi connectivity index (χ1n) is 16.7. The second kappa shape index (κ2) is 26.4. The third kappa shape index (κ3) is 30.5. The van der Waals surface area contributed by atoms with Gasteiger partial charge in [-0.05, 0) is 6.42 Å². The lowest BCUT2D eigenvalue weighted by atomic mass is 10.0. The number of unbranched alkanes of at least 4 members (excludes halogenated alkanes) is 18. The van der Waals surface area contributed by atoms with E-state index in [0.29, 0.717) is 17.4 Å². The molecule has 0 radical (unpaired) electrons. The van der Waals surface area contributed by atoms with Crippen LogP contribution in [0.3, 0.4) is 0 Å². The van der Waals surface area contributed by atoms with E-state index in [9.17, 15) is 19.0 Å². The highest BCUT2D eigenvalue weighted by Crippen LogP contribution is 2.43. The van der Waals surface area contributed by atoms with Gasteiger partial charge in [0.2, 0.25) is 0 Å². The minimum absolute atomic E-state index is 0.0328. The molecule has 0 aliphatic heterocycles. The molecule has 0 spiro atoms. The van der Waals surface area contributed by atoms with Gasteiger partial charge in [-0.3, -0.25) is 18.6 Å². The van der Waals surface area contributed by atoms with Crippen molar-refractivity contribution < 1.29 is 42.1 Å². The number of hydrogen-bond donors (Lipinski definition) is 1. The molecule has 42 heavy (non-hydrogen) atoms. The molecule has 0 bridgehead atoms. The number of esters is 2. The normalized spacial score (nSPS) is 14.0. The van der Waals surface area contributed by atoms with E-state index in [1.165, 1.54) is 110 Å². The molecular formula is C32H65NO8P+. The first-order chi connectivity index (χ1) is 19.9. The van der Waals surface area contributed by atoms with E-state index in [2.05, 4.69) is 6.92 Å². The Bertz CT molecular complexity index is 713. The van der Waals surface area contributed by atoms with Crippen LogP contribution in [0.2, 0.25) is 0 Å². The molecule has 0 saturated heterocycles. The molecule has 2 unspecified atom stereocenters. The molecule has 10 heteroatoms. The number of quaternary nitrogens is 1. The summed E-state index contributed by atoms with van der Waals surface area (Å²) in [5, 5.41) is 0. The van der Waals surface area contributed by atoms with Gasteiger partial charge in [0.1, 0.15) is 19.8 Å². The number of carbonyl (C=O) groups is 2. The second-order valence-electron chi connectivity index (χ2n) is 12.6. The lowest BCUT2D eigenvalue weighted by molar-refractivity contribution is -0.870. The zero-order valence-electron chi connectivity index (χ0n) is 27.7. The van der Waals surface area contributed by atoms with Gasteiger partial charge >= 0.3 is 19.8 Å². The van der Waals surface area contributed by atoms with Crippen LogP contribution in [0.25, 0.3) is 0 Å². The van der Waals surface area contributed by atoms with Gasteiger partial charge in [0.25, 0.3) is 0 Å². The zero-order valence-corrected chi connectivity index (χ0v) is 28.6. The summed E-state index contributed by atoms with van der Waals surface area (Å²) in [5.74, 6) is -0.984. The highest BCUT2D eigenvalue weighted by molar-refractivity contribution is 7.47. The van der Waals surface area contributed by atoms with E-state index >= 15 is 0 Å². The summed E-state index contributed by atoms with van der Waals surface area (Å²) in [4.78, 5) is 33.4. The van der Waals surface area contributed by atoms with Crippen molar-refractivity contribution in [2.75, 3.05) is 47.5 Å². The van der Waals surface area contributed by atoms with Crippen LogP contribution in [0, 0.1) is 0 Å². The highest BCUT2D eigenvalue weighted by Gasteiger charge is 2.26. The van der Waals surface area contributed by atoms with Crippen molar-refractivity contribution in [3.8, 4) is 0 Å². The Labute approximate surface area is 257 Å². The zero-order chi connectivity index (χ0) is 31.5. The summed E-state index contributed by atoms with van der Waals surface area (Å²) in [7, 11) is 1.48. The number of ether oxygens (including phenoxy) is 2. The summed E-state index contributed by atoms with van der Waals surface area (Å²) in [6.07, 6.45) is 23.7. The van der Waals surface area contributed by atoms with E-state index in [-0.39, 0.29) is 19.6 Å². The minimum atomic E-state index is -4.32. The molecule has 0 aliphatic rings. The summed E-state index contributed by atoms with van der Waals surface area (Å²) in [6.45, 7) is 3.40. The molecule has 0 amide bonds. The monoisotopic (exact) mass is 622 g/mol. The number of nitrogens with zero attached hydrogens (tertiary/aromatic N) is 1. The second-order valence-corrected chi connectivity index (χ2v) is 14.1. The van der Waals surface area contributed by atoms with Crippen molar-refractivity contribution >= 4 is 19.8 Å². The molecule has 0 aliphatic carbocycles. The first kappa shape index (κ1) is 41.0. The van der Waals surface area contributed by atoms with Gasteiger partial charge in [-0.25, -0.2) is 4.57 Å². The smallest absolute Gasteiger partial charge is 0.462 e. The molecule has 0 aromatic rings. The SMILES string of the molecule is CCCCCCCCCCCCCCCCCCCCCC(=O)OC(COC(C)=O)COP(=O)(O)OCC[N+](C)(C)C. The molecule has 0 rings (SSSR count). The minimum Gasteiger partial charge on any atom is -0.462 e. The summed E-state index contributed by atoms with van der Waals surface area (Å²) in [5.41, 5.74) is 0. The fraction of sp³-hybridized carbons (Fsp3) is 0.938. The topological polar surface area (TPSA) is 108 Å². The first-order valence-corrected chi connectivity index (χ1v) is 18.2. The molecule has 0 aromatic heterocycles. The van der Waals surface area contributed by atoms with Gasteiger partial charge in [-0.15, -0.1) is 0 Å². The van der Waals surface area contributed by atoms with Crippen LogP contribution >= 0.6 is 7.82 Å².